The lowest BCUT2D eigenvalue weighted by Gasteiger charge is -2.12. The topological polar surface area (TPSA) is 60.9 Å². The fourth-order valence-corrected chi connectivity index (χ4v) is 1.41. The van der Waals surface area contributed by atoms with Crippen molar-refractivity contribution in [3.05, 3.63) is 27.7 Å². The van der Waals surface area contributed by atoms with E-state index in [9.17, 15) is 4.79 Å². The van der Waals surface area contributed by atoms with Crippen molar-refractivity contribution in [2.24, 2.45) is 5.73 Å². The molecule has 4 heteroatoms. The first-order valence-corrected chi connectivity index (χ1v) is 5.34. The molecule has 0 saturated carbocycles. The minimum absolute atomic E-state index is 0.0723. The van der Waals surface area contributed by atoms with Crippen LogP contribution < -0.4 is 11.3 Å². The summed E-state index contributed by atoms with van der Waals surface area (Å²) in [6, 6.07) is 1.58. The molecule has 0 radical (unpaired) electrons. The van der Waals surface area contributed by atoms with Gasteiger partial charge in [-0.05, 0) is 25.8 Å². The monoisotopic (exact) mass is 209 g/mol. The average molecular weight is 209 g/mol. The van der Waals surface area contributed by atoms with Crippen molar-refractivity contribution in [3.8, 4) is 0 Å². The van der Waals surface area contributed by atoms with E-state index in [4.69, 9.17) is 5.73 Å². The van der Waals surface area contributed by atoms with Gasteiger partial charge in [-0.3, -0.25) is 4.79 Å². The van der Waals surface area contributed by atoms with E-state index in [1.165, 1.54) is 4.68 Å². The van der Waals surface area contributed by atoms with Gasteiger partial charge in [-0.25, -0.2) is 4.68 Å². The summed E-state index contributed by atoms with van der Waals surface area (Å²) in [5, 5.41) is 4.28. The predicted molar refractivity (Wildman–Crippen MR) is 60.9 cm³/mol. The molecular weight excluding hydrogens is 190 g/mol. The van der Waals surface area contributed by atoms with Gasteiger partial charge in [-0.15, -0.1) is 0 Å². The molecule has 0 aliphatic heterocycles. The van der Waals surface area contributed by atoms with Crippen LogP contribution in [0.25, 0.3) is 0 Å². The maximum atomic E-state index is 11.8. The minimum Gasteiger partial charge on any atom is -0.324 e. The molecule has 0 amide bonds. The van der Waals surface area contributed by atoms with E-state index in [0.717, 1.165) is 5.69 Å². The quantitative estimate of drug-likeness (QED) is 0.818. The summed E-state index contributed by atoms with van der Waals surface area (Å²) >= 11 is 0. The van der Waals surface area contributed by atoms with Crippen LogP contribution in [0, 0.1) is 0 Å². The van der Waals surface area contributed by atoms with Crippen molar-refractivity contribution in [1.29, 1.82) is 0 Å². The highest BCUT2D eigenvalue weighted by Gasteiger charge is 2.12. The standard InChI is InChI=1S/C11H19N3O/c1-5-14-11(15)9(8(4)12)6-10(13-14)7(2)3/h6-8H,5,12H2,1-4H3. The van der Waals surface area contributed by atoms with Crippen LogP contribution >= 0.6 is 0 Å². The summed E-state index contributed by atoms with van der Waals surface area (Å²) in [6.45, 7) is 8.42. The van der Waals surface area contributed by atoms with Crippen LogP contribution in [0.3, 0.4) is 0 Å². The Labute approximate surface area is 90.1 Å². The Morgan fingerprint density at radius 3 is 2.47 bits per heavy atom. The molecule has 1 heterocycles. The van der Waals surface area contributed by atoms with E-state index in [0.29, 0.717) is 18.0 Å². The van der Waals surface area contributed by atoms with Gasteiger partial charge in [-0.2, -0.15) is 5.10 Å². The number of hydrogen-bond acceptors (Lipinski definition) is 3. The molecule has 0 bridgehead atoms. The second kappa shape index (κ2) is 4.57. The maximum absolute atomic E-state index is 11.8. The van der Waals surface area contributed by atoms with Gasteiger partial charge in [0.05, 0.1) is 5.69 Å². The van der Waals surface area contributed by atoms with E-state index in [2.05, 4.69) is 18.9 Å². The summed E-state index contributed by atoms with van der Waals surface area (Å²) < 4.78 is 1.48. The molecule has 0 fully saturated rings. The third-order valence-electron chi connectivity index (χ3n) is 2.40. The molecule has 1 unspecified atom stereocenters. The molecule has 0 spiro atoms. The Morgan fingerprint density at radius 2 is 2.07 bits per heavy atom. The molecule has 2 N–H and O–H groups in total. The lowest BCUT2D eigenvalue weighted by Crippen LogP contribution is -2.30. The third-order valence-corrected chi connectivity index (χ3v) is 2.40. The molecule has 84 valence electrons. The number of nitrogens with zero attached hydrogens (tertiary/aromatic N) is 2. The first-order valence-electron chi connectivity index (χ1n) is 5.34. The summed E-state index contributed by atoms with van der Waals surface area (Å²) in [6.07, 6.45) is 0. The second-order valence-corrected chi connectivity index (χ2v) is 4.09. The zero-order valence-corrected chi connectivity index (χ0v) is 9.82. The first kappa shape index (κ1) is 11.9. The van der Waals surface area contributed by atoms with Crippen LogP contribution in [0.15, 0.2) is 10.9 Å². The van der Waals surface area contributed by atoms with Gasteiger partial charge in [0.15, 0.2) is 0 Å². The molecule has 1 aromatic heterocycles. The van der Waals surface area contributed by atoms with Crippen molar-refractivity contribution in [2.75, 3.05) is 0 Å². The van der Waals surface area contributed by atoms with Gasteiger partial charge in [-0.1, -0.05) is 13.8 Å². The average Bonchev–Trinajstić information content (AvgIpc) is 2.17. The minimum atomic E-state index is -0.240. The Morgan fingerprint density at radius 1 is 1.47 bits per heavy atom. The Bertz CT molecular complexity index is 393. The normalized spacial score (nSPS) is 13.2. The highest BCUT2D eigenvalue weighted by atomic mass is 16.1. The molecule has 15 heavy (non-hydrogen) atoms. The van der Waals surface area contributed by atoms with Crippen LogP contribution in [-0.2, 0) is 6.54 Å². The smallest absolute Gasteiger partial charge is 0.271 e. The molecule has 0 saturated heterocycles. The van der Waals surface area contributed by atoms with E-state index in [-0.39, 0.29) is 11.6 Å². The number of rotatable bonds is 3. The molecule has 4 nitrogen and oxygen atoms in total. The summed E-state index contributed by atoms with van der Waals surface area (Å²) in [7, 11) is 0. The molecule has 1 rings (SSSR count). The van der Waals surface area contributed by atoms with Crippen LogP contribution in [0.2, 0.25) is 0 Å². The molecule has 1 atom stereocenters. The Hall–Kier alpha value is -1.16. The Kier molecular flexibility index (Phi) is 3.63. The highest BCUT2D eigenvalue weighted by molar-refractivity contribution is 5.18. The van der Waals surface area contributed by atoms with E-state index < -0.39 is 0 Å². The fourth-order valence-electron chi connectivity index (χ4n) is 1.41. The van der Waals surface area contributed by atoms with E-state index >= 15 is 0 Å². The van der Waals surface area contributed by atoms with Crippen LogP contribution in [0.4, 0.5) is 0 Å². The lowest BCUT2D eigenvalue weighted by molar-refractivity contribution is 0.569. The number of aryl methyl sites for hydroxylation is 1. The largest absolute Gasteiger partial charge is 0.324 e. The number of hydrogen-bond donors (Lipinski definition) is 1. The zero-order valence-electron chi connectivity index (χ0n) is 9.82. The zero-order chi connectivity index (χ0) is 11.6. The molecule has 0 aromatic carbocycles. The second-order valence-electron chi connectivity index (χ2n) is 4.09. The number of nitrogens with two attached hydrogens (primary N) is 1. The van der Waals surface area contributed by atoms with Crippen LogP contribution in [0.1, 0.15) is 50.9 Å². The third kappa shape index (κ3) is 2.45. The molecular formula is C11H19N3O. The molecule has 1 aromatic rings. The number of aromatic nitrogens is 2. The first-order chi connectivity index (χ1) is 6.97. The summed E-state index contributed by atoms with van der Waals surface area (Å²) in [4.78, 5) is 11.8. The lowest BCUT2D eigenvalue weighted by atomic mass is 10.1. The predicted octanol–water partition coefficient (Wildman–Crippen LogP) is 1.41. The Balaban J connectivity index is 3.39. The van der Waals surface area contributed by atoms with Gasteiger partial charge in [0.1, 0.15) is 0 Å². The van der Waals surface area contributed by atoms with Crippen molar-refractivity contribution in [3.63, 3.8) is 0 Å². The van der Waals surface area contributed by atoms with E-state index in [1.54, 1.807) is 0 Å². The van der Waals surface area contributed by atoms with E-state index in [1.807, 2.05) is 19.9 Å². The fraction of sp³-hybridized carbons (Fsp3) is 0.636. The van der Waals surface area contributed by atoms with Crippen molar-refractivity contribution < 1.29 is 0 Å². The SMILES string of the molecule is CCn1nc(C(C)C)cc(C(C)N)c1=O. The summed E-state index contributed by atoms with van der Waals surface area (Å²) in [5.74, 6) is 0.306. The van der Waals surface area contributed by atoms with Crippen molar-refractivity contribution in [2.45, 2.75) is 46.2 Å². The summed E-state index contributed by atoms with van der Waals surface area (Å²) in [5.41, 5.74) is 7.26. The van der Waals surface area contributed by atoms with Gasteiger partial charge < -0.3 is 5.73 Å². The van der Waals surface area contributed by atoms with Gasteiger partial charge in [0, 0.05) is 18.2 Å². The molecule has 0 aliphatic carbocycles. The maximum Gasteiger partial charge on any atom is 0.271 e. The van der Waals surface area contributed by atoms with Gasteiger partial charge >= 0.3 is 0 Å². The van der Waals surface area contributed by atoms with Crippen LogP contribution in [0.5, 0.6) is 0 Å². The highest BCUT2D eigenvalue weighted by Crippen LogP contribution is 2.13. The van der Waals surface area contributed by atoms with Crippen molar-refractivity contribution >= 4 is 0 Å². The van der Waals surface area contributed by atoms with Gasteiger partial charge in [0.2, 0.25) is 0 Å². The van der Waals surface area contributed by atoms with Gasteiger partial charge in [0.25, 0.3) is 5.56 Å². The molecule has 0 aliphatic rings. The van der Waals surface area contributed by atoms with Crippen molar-refractivity contribution in [1.82, 2.24) is 9.78 Å². The van der Waals surface area contributed by atoms with Crippen LogP contribution in [-0.4, -0.2) is 9.78 Å².